The number of anilines is 1. The molecule has 4 rings (SSSR count). The number of hydrogen-bond donors (Lipinski definition) is 2. The molecule has 2 aromatic heterocycles. The molecule has 0 atom stereocenters. The lowest BCUT2D eigenvalue weighted by molar-refractivity contribution is 0.0958. The number of carbonyl (C=O) groups excluding carboxylic acids is 2. The summed E-state index contributed by atoms with van der Waals surface area (Å²) < 4.78 is 8.24. The Morgan fingerprint density at radius 3 is 3.04 bits per heavy atom. The van der Waals surface area contributed by atoms with Crippen LogP contribution >= 0.6 is 23.1 Å². The van der Waals surface area contributed by atoms with E-state index in [-0.39, 0.29) is 11.8 Å². The average Bonchev–Trinajstić information content (AvgIpc) is 3.13. The Bertz CT molecular complexity index is 917. The van der Waals surface area contributed by atoms with Gasteiger partial charge in [0.15, 0.2) is 5.13 Å². The smallest absolute Gasteiger partial charge is 0.263 e. The summed E-state index contributed by atoms with van der Waals surface area (Å²) >= 11 is 2.32. The standard InChI is InChI=1S/C14H11N5O2S2/c20-12(7-3-4-8-10(6-7)19-23-18-8)17-14-16-9-2-1-5-15-13(21)11(9)22-14/h3-4,6H,1-2,5H2,(H,15,21)(H,16,17,20). The van der Waals surface area contributed by atoms with Crippen LogP contribution in [0.3, 0.4) is 0 Å². The Labute approximate surface area is 139 Å². The van der Waals surface area contributed by atoms with Crippen molar-refractivity contribution < 1.29 is 9.59 Å². The number of aryl methyl sites for hydroxylation is 1. The number of benzene rings is 1. The second kappa shape index (κ2) is 5.67. The molecule has 0 saturated heterocycles. The average molecular weight is 345 g/mol. The number of amides is 2. The van der Waals surface area contributed by atoms with Gasteiger partial charge in [0.1, 0.15) is 15.9 Å². The van der Waals surface area contributed by atoms with Gasteiger partial charge in [0.2, 0.25) is 0 Å². The van der Waals surface area contributed by atoms with E-state index in [4.69, 9.17) is 0 Å². The highest BCUT2D eigenvalue weighted by Gasteiger charge is 2.21. The molecule has 1 aromatic carbocycles. The third kappa shape index (κ3) is 2.68. The van der Waals surface area contributed by atoms with Crippen LogP contribution < -0.4 is 10.6 Å². The molecule has 3 aromatic rings. The maximum atomic E-state index is 12.4. The molecule has 2 amide bonds. The normalized spacial score (nSPS) is 14.2. The van der Waals surface area contributed by atoms with E-state index in [2.05, 4.69) is 24.4 Å². The molecular formula is C14H11N5O2S2. The van der Waals surface area contributed by atoms with Gasteiger partial charge >= 0.3 is 0 Å². The van der Waals surface area contributed by atoms with E-state index in [9.17, 15) is 9.59 Å². The Kier molecular flexibility index (Phi) is 3.50. The first-order valence-corrected chi connectivity index (χ1v) is 8.57. The van der Waals surface area contributed by atoms with Crippen LogP contribution in [0.4, 0.5) is 5.13 Å². The topological polar surface area (TPSA) is 96.9 Å². The maximum absolute atomic E-state index is 12.4. The number of rotatable bonds is 2. The third-order valence-electron chi connectivity index (χ3n) is 3.52. The SMILES string of the molecule is O=C(Nc1nc2c(s1)C(=O)NCCC2)c1ccc2nsnc2c1. The largest absolute Gasteiger partial charge is 0.351 e. The van der Waals surface area contributed by atoms with Crippen LogP contribution in [0.1, 0.15) is 32.1 Å². The second-order valence-electron chi connectivity index (χ2n) is 5.08. The van der Waals surface area contributed by atoms with Crippen LogP contribution in [-0.4, -0.2) is 32.1 Å². The monoisotopic (exact) mass is 345 g/mol. The van der Waals surface area contributed by atoms with Crippen molar-refractivity contribution in [3.05, 3.63) is 34.3 Å². The molecule has 3 heterocycles. The molecule has 0 spiro atoms. The lowest BCUT2D eigenvalue weighted by Crippen LogP contribution is -2.21. The first kappa shape index (κ1) is 14.2. The van der Waals surface area contributed by atoms with Gasteiger partial charge in [-0.25, -0.2) is 4.98 Å². The first-order chi connectivity index (χ1) is 11.2. The number of carbonyl (C=O) groups is 2. The van der Waals surface area contributed by atoms with E-state index in [0.717, 1.165) is 35.8 Å². The molecule has 116 valence electrons. The fourth-order valence-corrected chi connectivity index (χ4v) is 3.82. The van der Waals surface area contributed by atoms with Crippen LogP contribution in [0.2, 0.25) is 0 Å². The van der Waals surface area contributed by atoms with Gasteiger partial charge in [-0.2, -0.15) is 8.75 Å². The molecule has 9 heteroatoms. The van der Waals surface area contributed by atoms with Crippen LogP contribution in [-0.2, 0) is 6.42 Å². The van der Waals surface area contributed by atoms with Crippen LogP contribution in [0.25, 0.3) is 11.0 Å². The lowest BCUT2D eigenvalue weighted by Gasteiger charge is -2.01. The van der Waals surface area contributed by atoms with Crippen molar-refractivity contribution in [1.82, 2.24) is 19.0 Å². The number of fused-ring (bicyclic) bond motifs is 2. The minimum absolute atomic E-state index is 0.120. The van der Waals surface area contributed by atoms with E-state index < -0.39 is 0 Å². The van der Waals surface area contributed by atoms with Crippen molar-refractivity contribution in [1.29, 1.82) is 0 Å². The predicted molar refractivity (Wildman–Crippen MR) is 88.1 cm³/mol. The molecule has 0 fully saturated rings. The molecular weight excluding hydrogens is 334 g/mol. The lowest BCUT2D eigenvalue weighted by atomic mass is 10.2. The molecule has 0 saturated carbocycles. The summed E-state index contributed by atoms with van der Waals surface area (Å²) in [6, 6.07) is 5.15. The zero-order valence-corrected chi connectivity index (χ0v) is 13.5. The van der Waals surface area contributed by atoms with Crippen molar-refractivity contribution in [2.75, 3.05) is 11.9 Å². The summed E-state index contributed by atoms with van der Waals surface area (Å²) in [7, 11) is 0. The van der Waals surface area contributed by atoms with Gasteiger partial charge in [-0.1, -0.05) is 11.3 Å². The molecule has 0 unspecified atom stereocenters. The number of nitrogens with one attached hydrogen (secondary N) is 2. The van der Waals surface area contributed by atoms with E-state index in [1.807, 2.05) is 0 Å². The van der Waals surface area contributed by atoms with Gasteiger partial charge in [-0.3, -0.25) is 14.9 Å². The summed E-state index contributed by atoms with van der Waals surface area (Å²) in [6.45, 7) is 0.658. The van der Waals surface area contributed by atoms with Crippen molar-refractivity contribution in [2.24, 2.45) is 0 Å². The van der Waals surface area contributed by atoms with Gasteiger partial charge < -0.3 is 5.32 Å². The highest BCUT2D eigenvalue weighted by Crippen LogP contribution is 2.26. The Morgan fingerprint density at radius 1 is 1.26 bits per heavy atom. The number of aromatic nitrogens is 3. The summed E-state index contributed by atoms with van der Waals surface area (Å²) in [4.78, 5) is 29.2. The molecule has 0 aliphatic carbocycles. The van der Waals surface area contributed by atoms with Crippen LogP contribution in [0.5, 0.6) is 0 Å². The van der Waals surface area contributed by atoms with Crippen molar-refractivity contribution in [2.45, 2.75) is 12.8 Å². The van der Waals surface area contributed by atoms with E-state index in [1.165, 1.54) is 11.3 Å². The minimum Gasteiger partial charge on any atom is -0.351 e. The highest BCUT2D eigenvalue weighted by atomic mass is 32.1. The number of hydrogen-bond acceptors (Lipinski definition) is 7. The van der Waals surface area contributed by atoms with E-state index in [1.54, 1.807) is 18.2 Å². The fourth-order valence-electron chi connectivity index (χ4n) is 2.38. The van der Waals surface area contributed by atoms with Crippen molar-refractivity contribution in [3.63, 3.8) is 0 Å². The molecule has 23 heavy (non-hydrogen) atoms. The third-order valence-corrected chi connectivity index (χ3v) is 5.08. The molecule has 2 N–H and O–H groups in total. The van der Waals surface area contributed by atoms with Gasteiger partial charge in [0, 0.05) is 12.1 Å². The maximum Gasteiger partial charge on any atom is 0.263 e. The Balaban J connectivity index is 1.59. The Hall–Kier alpha value is -2.39. The minimum atomic E-state index is -0.274. The predicted octanol–water partition coefficient (Wildman–Crippen LogP) is 2.08. The Morgan fingerprint density at radius 2 is 2.13 bits per heavy atom. The quantitative estimate of drug-likeness (QED) is 0.741. The zero-order valence-electron chi connectivity index (χ0n) is 11.8. The fraction of sp³-hybridized carbons (Fsp3) is 0.214. The van der Waals surface area contributed by atoms with Crippen molar-refractivity contribution >= 4 is 51.0 Å². The van der Waals surface area contributed by atoms with Gasteiger partial charge in [0.25, 0.3) is 11.8 Å². The first-order valence-electron chi connectivity index (χ1n) is 7.02. The summed E-state index contributed by atoms with van der Waals surface area (Å²) in [5.41, 5.74) is 2.70. The van der Waals surface area contributed by atoms with Gasteiger partial charge in [-0.15, -0.1) is 0 Å². The highest BCUT2D eigenvalue weighted by molar-refractivity contribution is 7.17. The molecule has 7 nitrogen and oxygen atoms in total. The summed E-state index contributed by atoms with van der Waals surface area (Å²) in [5.74, 6) is -0.394. The number of nitrogens with zero attached hydrogens (tertiary/aromatic N) is 3. The molecule has 1 aliphatic heterocycles. The summed E-state index contributed by atoms with van der Waals surface area (Å²) in [5, 5.41) is 6.02. The van der Waals surface area contributed by atoms with Crippen LogP contribution in [0.15, 0.2) is 18.2 Å². The van der Waals surface area contributed by atoms with E-state index >= 15 is 0 Å². The van der Waals surface area contributed by atoms with E-state index in [0.29, 0.717) is 27.6 Å². The van der Waals surface area contributed by atoms with Crippen LogP contribution in [0, 0.1) is 0 Å². The molecule has 0 bridgehead atoms. The number of thiazole rings is 1. The van der Waals surface area contributed by atoms with Gasteiger partial charge in [-0.05, 0) is 31.0 Å². The zero-order chi connectivity index (χ0) is 15.8. The second-order valence-corrected chi connectivity index (χ2v) is 6.60. The summed E-state index contributed by atoms with van der Waals surface area (Å²) in [6.07, 6.45) is 1.58. The molecule has 1 aliphatic rings. The molecule has 0 radical (unpaired) electrons. The van der Waals surface area contributed by atoms with Gasteiger partial charge in [0.05, 0.1) is 17.4 Å². The van der Waals surface area contributed by atoms with Crippen molar-refractivity contribution in [3.8, 4) is 0 Å².